The van der Waals surface area contributed by atoms with Crippen molar-refractivity contribution in [3.8, 4) is 22.3 Å². The van der Waals surface area contributed by atoms with Gasteiger partial charge in [0.25, 0.3) is 0 Å². The fraction of sp³-hybridized carbons (Fsp3) is 0.0323. The normalized spacial score (nSPS) is 10.7. The number of rotatable bonds is 5. The maximum Gasteiger partial charge on any atom is 0.0540 e. The van der Waals surface area contributed by atoms with Gasteiger partial charge in [-0.25, -0.2) is 0 Å². The molecule has 0 aliphatic carbocycles. The van der Waals surface area contributed by atoms with Gasteiger partial charge < -0.3 is 4.90 Å². The van der Waals surface area contributed by atoms with Crippen molar-refractivity contribution in [1.82, 2.24) is 0 Å². The van der Waals surface area contributed by atoms with Gasteiger partial charge in [0.15, 0.2) is 0 Å². The second-order valence-electron chi connectivity index (χ2n) is 7.94. The first-order valence-corrected chi connectivity index (χ1v) is 11.0. The highest BCUT2D eigenvalue weighted by Crippen LogP contribution is 2.43. The Morgan fingerprint density at radius 1 is 0.438 bits per heavy atom. The van der Waals surface area contributed by atoms with Crippen molar-refractivity contribution in [2.45, 2.75) is 6.92 Å². The van der Waals surface area contributed by atoms with E-state index in [0.717, 1.165) is 17.1 Å². The third-order valence-corrected chi connectivity index (χ3v) is 5.72. The van der Waals surface area contributed by atoms with Crippen molar-refractivity contribution < 1.29 is 0 Å². The Bertz CT molecular complexity index is 1280. The highest BCUT2D eigenvalue weighted by molar-refractivity contribution is 5.93. The Labute approximate surface area is 190 Å². The number of anilines is 3. The molecule has 5 rings (SSSR count). The zero-order chi connectivity index (χ0) is 21.8. The molecule has 0 atom stereocenters. The number of benzene rings is 5. The van der Waals surface area contributed by atoms with Gasteiger partial charge in [0.2, 0.25) is 0 Å². The molecule has 5 aromatic rings. The predicted molar refractivity (Wildman–Crippen MR) is 137 cm³/mol. The van der Waals surface area contributed by atoms with Crippen LogP contribution in [-0.2, 0) is 0 Å². The maximum atomic E-state index is 2.34. The van der Waals surface area contributed by atoms with Gasteiger partial charge in [0, 0.05) is 16.9 Å². The molecule has 0 saturated carbocycles. The van der Waals surface area contributed by atoms with E-state index in [4.69, 9.17) is 0 Å². The molecule has 0 heterocycles. The highest BCUT2D eigenvalue weighted by atomic mass is 15.1. The van der Waals surface area contributed by atoms with E-state index in [1.165, 1.54) is 27.8 Å². The van der Waals surface area contributed by atoms with Crippen LogP contribution in [0, 0.1) is 6.92 Å². The SMILES string of the molecule is Cc1cccc(-c2ccccc2-c2ccccc2N(c2ccccc2)c2ccccc2)c1. The molecule has 32 heavy (non-hydrogen) atoms. The van der Waals surface area contributed by atoms with E-state index in [9.17, 15) is 0 Å². The van der Waals surface area contributed by atoms with Crippen LogP contribution in [0.1, 0.15) is 5.56 Å². The van der Waals surface area contributed by atoms with E-state index in [1.54, 1.807) is 0 Å². The lowest BCUT2D eigenvalue weighted by atomic mass is 9.92. The molecule has 0 spiro atoms. The van der Waals surface area contributed by atoms with Crippen LogP contribution in [-0.4, -0.2) is 0 Å². The fourth-order valence-electron chi connectivity index (χ4n) is 4.26. The van der Waals surface area contributed by atoms with Crippen molar-refractivity contribution in [1.29, 1.82) is 0 Å². The summed E-state index contributed by atoms with van der Waals surface area (Å²) in [5.74, 6) is 0. The first-order chi connectivity index (χ1) is 15.8. The van der Waals surface area contributed by atoms with E-state index in [1.807, 2.05) is 0 Å². The number of aryl methyl sites for hydroxylation is 1. The number of hydrogen-bond acceptors (Lipinski definition) is 1. The summed E-state index contributed by atoms with van der Waals surface area (Å²) >= 11 is 0. The lowest BCUT2D eigenvalue weighted by Gasteiger charge is -2.28. The monoisotopic (exact) mass is 411 g/mol. The molecule has 1 nitrogen and oxygen atoms in total. The summed E-state index contributed by atoms with van der Waals surface area (Å²) in [5, 5.41) is 0. The number of para-hydroxylation sites is 3. The van der Waals surface area contributed by atoms with E-state index in [2.05, 4.69) is 145 Å². The van der Waals surface area contributed by atoms with E-state index < -0.39 is 0 Å². The van der Waals surface area contributed by atoms with Crippen molar-refractivity contribution >= 4 is 17.1 Å². The fourth-order valence-corrected chi connectivity index (χ4v) is 4.26. The summed E-state index contributed by atoms with van der Waals surface area (Å²) in [4.78, 5) is 2.34. The van der Waals surface area contributed by atoms with Gasteiger partial charge in [0.05, 0.1) is 5.69 Å². The minimum absolute atomic E-state index is 1.14. The van der Waals surface area contributed by atoms with Crippen LogP contribution in [0.2, 0.25) is 0 Å². The summed E-state index contributed by atoms with van der Waals surface area (Å²) in [6, 6.07) is 47.2. The predicted octanol–water partition coefficient (Wildman–Crippen LogP) is 8.80. The van der Waals surface area contributed by atoms with Gasteiger partial charge in [-0.2, -0.15) is 0 Å². The van der Waals surface area contributed by atoms with Crippen LogP contribution in [0.25, 0.3) is 22.3 Å². The van der Waals surface area contributed by atoms with Crippen molar-refractivity contribution in [3.05, 3.63) is 139 Å². The van der Waals surface area contributed by atoms with E-state index in [-0.39, 0.29) is 0 Å². The van der Waals surface area contributed by atoms with Gasteiger partial charge >= 0.3 is 0 Å². The maximum absolute atomic E-state index is 2.34. The standard InChI is InChI=1S/C31H25N/c1-24-13-12-14-25(23-24)28-19-8-9-20-29(28)30-21-10-11-22-31(30)32(26-15-4-2-5-16-26)27-17-6-3-7-18-27/h2-23H,1H3. The molecule has 154 valence electrons. The Hall–Kier alpha value is -4.10. The Kier molecular flexibility index (Phi) is 5.55. The summed E-state index contributed by atoms with van der Waals surface area (Å²) in [6.45, 7) is 2.15. The molecule has 0 unspecified atom stereocenters. The van der Waals surface area contributed by atoms with Crippen molar-refractivity contribution in [3.63, 3.8) is 0 Å². The third-order valence-electron chi connectivity index (χ3n) is 5.72. The first-order valence-electron chi connectivity index (χ1n) is 11.0. The Morgan fingerprint density at radius 3 is 1.59 bits per heavy atom. The van der Waals surface area contributed by atoms with Crippen molar-refractivity contribution in [2.75, 3.05) is 4.90 Å². The molecule has 5 aromatic carbocycles. The van der Waals surface area contributed by atoms with Crippen LogP contribution in [0.3, 0.4) is 0 Å². The van der Waals surface area contributed by atoms with Crippen molar-refractivity contribution in [2.24, 2.45) is 0 Å². The summed E-state index contributed by atoms with van der Waals surface area (Å²) in [6.07, 6.45) is 0. The van der Waals surface area contributed by atoms with Crippen LogP contribution in [0.15, 0.2) is 133 Å². The average Bonchev–Trinajstić information content (AvgIpc) is 2.86. The smallest absolute Gasteiger partial charge is 0.0540 e. The van der Waals surface area contributed by atoms with Gasteiger partial charge in [-0.3, -0.25) is 0 Å². The Balaban J connectivity index is 1.73. The summed E-state index contributed by atoms with van der Waals surface area (Å²) < 4.78 is 0. The van der Waals surface area contributed by atoms with Crippen LogP contribution in [0.5, 0.6) is 0 Å². The average molecular weight is 412 g/mol. The van der Waals surface area contributed by atoms with E-state index in [0.29, 0.717) is 0 Å². The number of nitrogens with zero attached hydrogens (tertiary/aromatic N) is 1. The summed E-state index contributed by atoms with van der Waals surface area (Å²) in [7, 11) is 0. The number of hydrogen-bond donors (Lipinski definition) is 0. The van der Waals surface area contributed by atoms with E-state index >= 15 is 0 Å². The molecular weight excluding hydrogens is 386 g/mol. The second-order valence-corrected chi connectivity index (χ2v) is 7.94. The highest BCUT2D eigenvalue weighted by Gasteiger charge is 2.18. The molecule has 0 N–H and O–H groups in total. The molecule has 0 aromatic heterocycles. The molecule has 1 heteroatoms. The van der Waals surface area contributed by atoms with Gasteiger partial charge in [-0.05, 0) is 53.9 Å². The first kappa shape index (κ1) is 19.8. The molecule has 0 saturated heterocycles. The topological polar surface area (TPSA) is 3.24 Å². The minimum atomic E-state index is 1.14. The Morgan fingerprint density at radius 2 is 0.969 bits per heavy atom. The quantitative estimate of drug-likeness (QED) is 0.279. The van der Waals surface area contributed by atoms with Gasteiger partial charge in [-0.15, -0.1) is 0 Å². The molecule has 0 radical (unpaired) electrons. The summed E-state index contributed by atoms with van der Waals surface area (Å²) in [5.41, 5.74) is 9.61. The molecule has 0 amide bonds. The van der Waals surface area contributed by atoms with Crippen LogP contribution < -0.4 is 4.90 Å². The zero-order valence-electron chi connectivity index (χ0n) is 18.1. The molecule has 0 bridgehead atoms. The van der Waals surface area contributed by atoms with Gasteiger partial charge in [0.1, 0.15) is 0 Å². The molecule has 0 aliphatic rings. The third kappa shape index (κ3) is 3.93. The van der Waals surface area contributed by atoms with Gasteiger partial charge in [-0.1, -0.05) is 109 Å². The van der Waals surface area contributed by atoms with Crippen LogP contribution >= 0.6 is 0 Å². The lowest BCUT2D eigenvalue weighted by Crippen LogP contribution is -2.11. The van der Waals surface area contributed by atoms with Crippen LogP contribution in [0.4, 0.5) is 17.1 Å². The largest absolute Gasteiger partial charge is 0.310 e. The zero-order valence-corrected chi connectivity index (χ0v) is 18.1. The molecular formula is C31H25N. The second kappa shape index (κ2) is 8.95. The molecule has 0 fully saturated rings. The lowest BCUT2D eigenvalue weighted by molar-refractivity contribution is 1.28. The minimum Gasteiger partial charge on any atom is -0.310 e. The molecule has 0 aliphatic heterocycles.